The molecule has 0 radical (unpaired) electrons. The SMILES string of the molecule is Cc1nnc2sc(-c3cccc(Cl)c3)nn2c1=O. The number of aryl methyl sites for hydroxylation is 1. The number of nitrogens with zero attached hydrogens (tertiary/aromatic N) is 4. The fraction of sp³-hybridized carbons (Fsp3) is 0.0909. The van der Waals surface area contributed by atoms with E-state index in [2.05, 4.69) is 15.3 Å². The second kappa shape index (κ2) is 4.15. The van der Waals surface area contributed by atoms with Crippen molar-refractivity contribution >= 4 is 27.9 Å². The van der Waals surface area contributed by atoms with Crippen LogP contribution in [0.5, 0.6) is 0 Å². The summed E-state index contributed by atoms with van der Waals surface area (Å²) >= 11 is 7.23. The molecule has 2 aromatic heterocycles. The van der Waals surface area contributed by atoms with Crippen LogP contribution in [-0.4, -0.2) is 19.8 Å². The number of aromatic nitrogens is 4. The summed E-state index contributed by atoms with van der Waals surface area (Å²) in [7, 11) is 0. The maximum atomic E-state index is 11.8. The third kappa shape index (κ3) is 1.79. The molecule has 7 heteroatoms. The standard InChI is InChI=1S/C11H7ClN4OS/c1-6-10(17)16-11(14-13-6)18-9(15-16)7-3-2-4-8(12)5-7/h2-5H,1H3. The van der Waals surface area contributed by atoms with E-state index in [9.17, 15) is 4.79 Å². The molecule has 0 atom stereocenters. The number of hydrogen-bond donors (Lipinski definition) is 0. The molecule has 0 amide bonds. The van der Waals surface area contributed by atoms with Gasteiger partial charge in [0, 0.05) is 10.6 Å². The van der Waals surface area contributed by atoms with Crippen LogP contribution in [-0.2, 0) is 0 Å². The van der Waals surface area contributed by atoms with Gasteiger partial charge in [0.2, 0.25) is 4.96 Å². The van der Waals surface area contributed by atoms with Crippen molar-refractivity contribution in [3.05, 3.63) is 45.3 Å². The zero-order valence-electron chi connectivity index (χ0n) is 9.29. The van der Waals surface area contributed by atoms with E-state index >= 15 is 0 Å². The molecule has 0 saturated carbocycles. The largest absolute Gasteiger partial charge is 0.296 e. The minimum atomic E-state index is -0.246. The Morgan fingerprint density at radius 3 is 2.94 bits per heavy atom. The van der Waals surface area contributed by atoms with Crippen LogP contribution >= 0.6 is 22.9 Å². The van der Waals surface area contributed by atoms with Crippen LogP contribution in [0.2, 0.25) is 5.02 Å². The molecule has 3 rings (SSSR count). The first kappa shape index (κ1) is 11.3. The van der Waals surface area contributed by atoms with Crippen molar-refractivity contribution in [2.75, 3.05) is 0 Å². The predicted molar refractivity (Wildman–Crippen MR) is 70.1 cm³/mol. The molecule has 0 unspecified atom stereocenters. The Balaban J connectivity index is 2.26. The molecule has 0 aliphatic carbocycles. The van der Waals surface area contributed by atoms with Crippen LogP contribution in [0.3, 0.4) is 0 Å². The van der Waals surface area contributed by atoms with Crippen molar-refractivity contribution < 1.29 is 0 Å². The van der Waals surface area contributed by atoms with Gasteiger partial charge in [-0.2, -0.15) is 9.61 Å². The van der Waals surface area contributed by atoms with Crippen LogP contribution in [0.25, 0.3) is 15.5 Å². The van der Waals surface area contributed by atoms with Crippen molar-refractivity contribution in [2.24, 2.45) is 0 Å². The molecule has 0 fully saturated rings. The van der Waals surface area contributed by atoms with Gasteiger partial charge in [0.1, 0.15) is 10.7 Å². The monoisotopic (exact) mass is 278 g/mol. The molecule has 0 N–H and O–H groups in total. The molecule has 3 aromatic rings. The first-order chi connectivity index (χ1) is 8.65. The van der Waals surface area contributed by atoms with Crippen LogP contribution in [0.15, 0.2) is 29.1 Å². The molecule has 0 bridgehead atoms. The summed E-state index contributed by atoms with van der Waals surface area (Å²) in [6, 6.07) is 7.30. The third-order valence-corrected chi connectivity index (χ3v) is 3.60. The lowest BCUT2D eigenvalue weighted by Gasteiger charge is -1.94. The Bertz CT molecular complexity index is 795. The highest BCUT2D eigenvalue weighted by molar-refractivity contribution is 7.19. The maximum absolute atomic E-state index is 11.8. The van der Waals surface area contributed by atoms with Crippen molar-refractivity contribution in [1.29, 1.82) is 0 Å². The molecular formula is C11H7ClN4OS. The summed E-state index contributed by atoms with van der Waals surface area (Å²) in [6.45, 7) is 1.61. The van der Waals surface area contributed by atoms with Crippen molar-refractivity contribution in [3.63, 3.8) is 0 Å². The quantitative estimate of drug-likeness (QED) is 0.684. The smallest absolute Gasteiger partial charge is 0.265 e. The average molecular weight is 279 g/mol. The highest BCUT2D eigenvalue weighted by Crippen LogP contribution is 2.25. The molecule has 90 valence electrons. The minimum absolute atomic E-state index is 0.246. The summed E-state index contributed by atoms with van der Waals surface area (Å²) in [5.74, 6) is 0. The van der Waals surface area contributed by atoms with E-state index in [0.717, 1.165) is 5.56 Å². The van der Waals surface area contributed by atoms with Gasteiger partial charge in [-0.15, -0.1) is 10.2 Å². The van der Waals surface area contributed by atoms with E-state index in [-0.39, 0.29) is 5.56 Å². The molecular weight excluding hydrogens is 272 g/mol. The van der Waals surface area contributed by atoms with E-state index in [1.807, 2.05) is 12.1 Å². The highest BCUT2D eigenvalue weighted by Gasteiger charge is 2.10. The Kier molecular flexibility index (Phi) is 2.61. The Morgan fingerprint density at radius 1 is 1.33 bits per heavy atom. The lowest BCUT2D eigenvalue weighted by Crippen LogP contribution is -2.19. The van der Waals surface area contributed by atoms with Crippen molar-refractivity contribution in [1.82, 2.24) is 19.8 Å². The van der Waals surface area contributed by atoms with E-state index < -0.39 is 0 Å². The maximum Gasteiger partial charge on any atom is 0.296 e. The summed E-state index contributed by atoms with van der Waals surface area (Å²) in [5.41, 5.74) is 0.940. The number of fused-ring (bicyclic) bond motifs is 1. The summed E-state index contributed by atoms with van der Waals surface area (Å²) in [5, 5.41) is 13.3. The zero-order chi connectivity index (χ0) is 12.7. The van der Waals surface area contributed by atoms with Crippen LogP contribution in [0.1, 0.15) is 5.69 Å². The van der Waals surface area contributed by atoms with Gasteiger partial charge < -0.3 is 0 Å². The Morgan fingerprint density at radius 2 is 2.17 bits per heavy atom. The molecule has 0 aliphatic heterocycles. The highest BCUT2D eigenvalue weighted by atomic mass is 35.5. The minimum Gasteiger partial charge on any atom is -0.265 e. The van der Waals surface area contributed by atoms with Gasteiger partial charge in [-0.25, -0.2) is 0 Å². The van der Waals surface area contributed by atoms with E-state index in [1.165, 1.54) is 15.9 Å². The fourth-order valence-corrected chi connectivity index (χ4v) is 2.55. The van der Waals surface area contributed by atoms with E-state index in [1.54, 1.807) is 19.1 Å². The van der Waals surface area contributed by atoms with Gasteiger partial charge in [0.05, 0.1) is 0 Å². The van der Waals surface area contributed by atoms with Gasteiger partial charge in [-0.3, -0.25) is 4.79 Å². The van der Waals surface area contributed by atoms with Crippen LogP contribution < -0.4 is 5.56 Å². The summed E-state index contributed by atoms with van der Waals surface area (Å²) in [6.07, 6.45) is 0. The van der Waals surface area contributed by atoms with E-state index in [0.29, 0.717) is 20.7 Å². The molecule has 1 aromatic carbocycles. The molecule has 2 heterocycles. The third-order valence-electron chi connectivity index (χ3n) is 2.42. The fourth-order valence-electron chi connectivity index (χ4n) is 1.53. The number of benzene rings is 1. The normalized spacial score (nSPS) is 11.0. The van der Waals surface area contributed by atoms with Crippen LogP contribution in [0.4, 0.5) is 0 Å². The molecule has 5 nitrogen and oxygen atoms in total. The molecule has 0 spiro atoms. The second-order valence-corrected chi connectivity index (χ2v) is 5.09. The van der Waals surface area contributed by atoms with Gasteiger partial charge in [-0.1, -0.05) is 35.1 Å². The van der Waals surface area contributed by atoms with Crippen molar-refractivity contribution in [2.45, 2.75) is 6.92 Å². The topological polar surface area (TPSA) is 60.1 Å². The number of halogens is 1. The van der Waals surface area contributed by atoms with Gasteiger partial charge >= 0.3 is 0 Å². The van der Waals surface area contributed by atoms with Gasteiger partial charge in [-0.05, 0) is 19.1 Å². The number of rotatable bonds is 1. The molecule has 0 saturated heterocycles. The van der Waals surface area contributed by atoms with Crippen LogP contribution in [0, 0.1) is 6.92 Å². The Labute approximate surface area is 111 Å². The second-order valence-electron chi connectivity index (χ2n) is 3.70. The summed E-state index contributed by atoms with van der Waals surface area (Å²) < 4.78 is 1.27. The number of hydrogen-bond acceptors (Lipinski definition) is 5. The first-order valence-corrected chi connectivity index (χ1v) is 6.34. The van der Waals surface area contributed by atoms with E-state index in [4.69, 9.17) is 11.6 Å². The Hall–Kier alpha value is -1.79. The predicted octanol–water partition coefficient (Wildman–Crippen LogP) is 2.17. The van der Waals surface area contributed by atoms with Crippen molar-refractivity contribution in [3.8, 4) is 10.6 Å². The first-order valence-electron chi connectivity index (χ1n) is 5.14. The van der Waals surface area contributed by atoms with Gasteiger partial charge in [0.25, 0.3) is 5.56 Å². The lowest BCUT2D eigenvalue weighted by molar-refractivity contribution is 0.829. The van der Waals surface area contributed by atoms with Gasteiger partial charge in [0.15, 0.2) is 0 Å². The molecule has 18 heavy (non-hydrogen) atoms. The summed E-state index contributed by atoms with van der Waals surface area (Å²) in [4.78, 5) is 12.3. The molecule has 0 aliphatic rings. The average Bonchev–Trinajstić information content (AvgIpc) is 2.79. The zero-order valence-corrected chi connectivity index (χ0v) is 10.9. The lowest BCUT2D eigenvalue weighted by atomic mass is 10.2.